The zero-order valence-corrected chi connectivity index (χ0v) is 17.9. The molecule has 0 bridgehead atoms. The molecule has 11 heteroatoms. The zero-order valence-electron chi connectivity index (χ0n) is 15.5. The summed E-state index contributed by atoms with van der Waals surface area (Å²) in [6, 6.07) is 6.60. The fourth-order valence-corrected chi connectivity index (χ4v) is 4.93. The molecule has 0 saturated heterocycles. The van der Waals surface area contributed by atoms with Crippen molar-refractivity contribution in [2.75, 3.05) is 29.0 Å². The molecule has 1 aromatic carbocycles. The van der Waals surface area contributed by atoms with Crippen LogP contribution in [-0.4, -0.2) is 49.2 Å². The maximum Gasteiger partial charge on any atom is 0.246 e. The van der Waals surface area contributed by atoms with Gasteiger partial charge in [-0.1, -0.05) is 43.0 Å². The van der Waals surface area contributed by atoms with Gasteiger partial charge in [0.15, 0.2) is 4.34 Å². The van der Waals surface area contributed by atoms with Gasteiger partial charge in [-0.3, -0.25) is 14.4 Å². The van der Waals surface area contributed by atoms with E-state index < -0.39 is 15.9 Å². The molecular weight excluding hydrogens is 408 g/mol. The number of nitrogens with one attached hydrogen (secondary N) is 1. The molecule has 0 radical (unpaired) electrons. The average Bonchev–Trinajstić information content (AvgIpc) is 2.98. The first-order valence-electron chi connectivity index (χ1n) is 8.19. The van der Waals surface area contributed by atoms with Crippen molar-refractivity contribution in [3.8, 4) is 5.75 Å². The third kappa shape index (κ3) is 6.67. The largest absolute Gasteiger partial charge is 0.494 e. The SMILES string of the molecule is CCOc1cccc(N(CC(=O)Nc2nnc(SC(C)C)s2)S(C)(=O)=O)c1. The van der Waals surface area contributed by atoms with E-state index in [2.05, 4.69) is 15.5 Å². The van der Waals surface area contributed by atoms with Crippen LogP contribution >= 0.6 is 23.1 Å². The molecule has 1 amide bonds. The van der Waals surface area contributed by atoms with E-state index >= 15 is 0 Å². The summed E-state index contributed by atoms with van der Waals surface area (Å²) >= 11 is 2.79. The second kappa shape index (κ2) is 9.38. The molecule has 0 aliphatic carbocycles. The van der Waals surface area contributed by atoms with Gasteiger partial charge < -0.3 is 4.74 Å². The minimum absolute atomic E-state index is 0.333. The number of sulfonamides is 1. The van der Waals surface area contributed by atoms with Gasteiger partial charge in [-0.05, 0) is 19.1 Å². The number of hydrogen-bond donors (Lipinski definition) is 1. The van der Waals surface area contributed by atoms with Crippen molar-refractivity contribution in [3.05, 3.63) is 24.3 Å². The highest BCUT2D eigenvalue weighted by atomic mass is 32.2. The highest BCUT2D eigenvalue weighted by Gasteiger charge is 2.22. The summed E-state index contributed by atoms with van der Waals surface area (Å²) in [6.45, 7) is 5.98. The molecule has 148 valence electrons. The van der Waals surface area contributed by atoms with Crippen molar-refractivity contribution < 1.29 is 17.9 Å². The number of hydrogen-bond acceptors (Lipinski definition) is 8. The van der Waals surface area contributed by atoms with Crippen molar-refractivity contribution >= 4 is 49.8 Å². The fourth-order valence-electron chi connectivity index (χ4n) is 2.09. The third-order valence-corrected chi connectivity index (χ3v) is 6.16. The van der Waals surface area contributed by atoms with Crippen molar-refractivity contribution in [3.63, 3.8) is 0 Å². The van der Waals surface area contributed by atoms with Gasteiger partial charge in [-0.25, -0.2) is 8.42 Å². The van der Waals surface area contributed by atoms with Crippen LogP contribution in [0.3, 0.4) is 0 Å². The summed E-state index contributed by atoms with van der Waals surface area (Å²) in [5.41, 5.74) is 0.354. The molecule has 1 heterocycles. The Morgan fingerprint density at radius 1 is 1.37 bits per heavy atom. The number of thioether (sulfide) groups is 1. The van der Waals surface area contributed by atoms with Gasteiger partial charge in [0.25, 0.3) is 0 Å². The molecule has 0 atom stereocenters. The number of anilines is 2. The van der Waals surface area contributed by atoms with Crippen LogP contribution in [0.15, 0.2) is 28.6 Å². The van der Waals surface area contributed by atoms with E-state index in [1.54, 1.807) is 36.0 Å². The standard InChI is InChI=1S/C16H22N4O4S3/c1-5-24-13-8-6-7-12(9-13)20(27(4,22)23)10-14(21)17-15-18-19-16(26-15)25-11(2)3/h6-9,11H,5,10H2,1-4H3,(H,17,18,21). The Hall–Kier alpha value is -1.85. The van der Waals surface area contributed by atoms with Crippen LogP contribution in [0.25, 0.3) is 0 Å². The number of carbonyl (C=O) groups is 1. The lowest BCUT2D eigenvalue weighted by atomic mass is 10.3. The van der Waals surface area contributed by atoms with Gasteiger partial charge in [0.05, 0.1) is 18.6 Å². The fraction of sp³-hybridized carbons (Fsp3) is 0.438. The molecule has 1 N–H and O–H groups in total. The third-order valence-electron chi connectivity index (χ3n) is 3.09. The normalized spacial score (nSPS) is 11.4. The maximum absolute atomic E-state index is 12.4. The van der Waals surface area contributed by atoms with Crippen LogP contribution < -0.4 is 14.4 Å². The molecule has 0 saturated carbocycles. The summed E-state index contributed by atoms with van der Waals surface area (Å²) in [4.78, 5) is 12.4. The van der Waals surface area contributed by atoms with Crippen LogP contribution in [0.4, 0.5) is 10.8 Å². The topological polar surface area (TPSA) is 101 Å². The lowest BCUT2D eigenvalue weighted by Gasteiger charge is -2.22. The summed E-state index contributed by atoms with van der Waals surface area (Å²) in [5.74, 6) is 0.0306. The van der Waals surface area contributed by atoms with Crippen LogP contribution in [-0.2, 0) is 14.8 Å². The van der Waals surface area contributed by atoms with Gasteiger partial charge in [-0.15, -0.1) is 10.2 Å². The smallest absolute Gasteiger partial charge is 0.246 e. The Bertz CT molecular complexity index is 883. The number of benzene rings is 1. The minimum atomic E-state index is -3.67. The Labute approximate surface area is 167 Å². The predicted octanol–water partition coefficient (Wildman–Crippen LogP) is 2.84. The summed E-state index contributed by atoms with van der Waals surface area (Å²) in [6.07, 6.45) is 1.05. The summed E-state index contributed by atoms with van der Waals surface area (Å²) in [5, 5.41) is 11.2. The molecule has 0 unspecified atom stereocenters. The van der Waals surface area contributed by atoms with Crippen LogP contribution in [0, 0.1) is 0 Å². The van der Waals surface area contributed by atoms with Crippen LogP contribution in [0.5, 0.6) is 5.75 Å². The second-order valence-corrected chi connectivity index (χ2v) is 10.5. The number of ether oxygens (including phenoxy) is 1. The zero-order chi connectivity index (χ0) is 20.0. The lowest BCUT2D eigenvalue weighted by molar-refractivity contribution is -0.114. The summed E-state index contributed by atoms with van der Waals surface area (Å²) in [7, 11) is -3.67. The quantitative estimate of drug-likeness (QED) is 0.482. The van der Waals surface area contributed by atoms with Crippen molar-refractivity contribution in [1.82, 2.24) is 10.2 Å². The molecule has 27 heavy (non-hydrogen) atoms. The van der Waals surface area contributed by atoms with Crippen molar-refractivity contribution in [1.29, 1.82) is 0 Å². The lowest BCUT2D eigenvalue weighted by Crippen LogP contribution is -2.37. The molecule has 1 aromatic heterocycles. The van der Waals surface area contributed by atoms with E-state index in [1.165, 1.54) is 11.3 Å². The number of carbonyl (C=O) groups excluding carboxylic acids is 1. The van der Waals surface area contributed by atoms with Crippen LogP contribution in [0.1, 0.15) is 20.8 Å². The van der Waals surface area contributed by atoms with E-state index in [9.17, 15) is 13.2 Å². The van der Waals surface area contributed by atoms with E-state index in [-0.39, 0.29) is 6.54 Å². The van der Waals surface area contributed by atoms with Gasteiger partial charge in [0.1, 0.15) is 12.3 Å². The van der Waals surface area contributed by atoms with Crippen molar-refractivity contribution in [2.45, 2.75) is 30.4 Å². The van der Waals surface area contributed by atoms with E-state index in [0.29, 0.717) is 28.4 Å². The Balaban J connectivity index is 2.13. The first-order valence-corrected chi connectivity index (χ1v) is 11.7. The number of rotatable bonds is 9. The van der Waals surface area contributed by atoms with E-state index in [4.69, 9.17) is 4.74 Å². The molecular formula is C16H22N4O4S3. The molecule has 2 rings (SSSR count). The molecule has 8 nitrogen and oxygen atoms in total. The first kappa shape index (κ1) is 21.5. The van der Waals surface area contributed by atoms with E-state index in [1.807, 2.05) is 20.8 Å². The number of nitrogens with zero attached hydrogens (tertiary/aromatic N) is 3. The van der Waals surface area contributed by atoms with Gasteiger partial charge >= 0.3 is 0 Å². The van der Waals surface area contributed by atoms with Gasteiger partial charge in [0.2, 0.25) is 21.1 Å². The Kier molecular flexibility index (Phi) is 7.45. The minimum Gasteiger partial charge on any atom is -0.494 e. The number of aromatic nitrogens is 2. The molecule has 0 spiro atoms. The van der Waals surface area contributed by atoms with E-state index in [0.717, 1.165) is 14.9 Å². The van der Waals surface area contributed by atoms with Gasteiger partial charge in [-0.2, -0.15) is 0 Å². The highest BCUT2D eigenvalue weighted by Crippen LogP contribution is 2.28. The monoisotopic (exact) mass is 430 g/mol. The molecule has 2 aromatic rings. The summed E-state index contributed by atoms with van der Waals surface area (Å²) < 4.78 is 31.5. The second-order valence-electron chi connectivity index (χ2n) is 5.79. The van der Waals surface area contributed by atoms with Crippen LogP contribution in [0.2, 0.25) is 0 Å². The predicted molar refractivity (Wildman–Crippen MR) is 109 cm³/mol. The van der Waals surface area contributed by atoms with Crippen molar-refractivity contribution in [2.24, 2.45) is 0 Å². The molecule has 0 aliphatic rings. The molecule has 0 aliphatic heterocycles. The Morgan fingerprint density at radius 3 is 2.74 bits per heavy atom. The number of amides is 1. The Morgan fingerprint density at radius 2 is 2.11 bits per heavy atom. The highest BCUT2D eigenvalue weighted by molar-refractivity contribution is 8.01. The molecule has 0 fully saturated rings. The average molecular weight is 431 g/mol. The van der Waals surface area contributed by atoms with Gasteiger partial charge in [0, 0.05) is 11.3 Å². The maximum atomic E-state index is 12.4. The first-order chi connectivity index (χ1) is 12.7.